The van der Waals surface area contributed by atoms with Gasteiger partial charge in [0.15, 0.2) is 0 Å². The molecule has 0 fully saturated rings. The van der Waals surface area contributed by atoms with Gasteiger partial charge in [-0.25, -0.2) is 0 Å². The van der Waals surface area contributed by atoms with Crippen molar-refractivity contribution in [3.05, 3.63) is 29.3 Å². The molecule has 1 unspecified atom stereocenters. The molecule has 0 N–H and O–H groups in total. The van der Waals surface area contributed by atoms with Gasteiger partial charge in [-0.2, -0.15) is 0 Å². The standard InChI is InChI=1S/C13H20S/c1-9(2)12(5)14-13-7-10(3)6-11(4)8-13/h6-9,12H,1-5H3. The molecular formula is C13H20S. The van der Waals surface area contributed by atoms with E-state index in [2.05, 4.69) is 52.8 Å². The Balaban J connectivity index is 2.76. The summed E-state index contributed by atoms with van der Waals surface area (Å²) in [5.41, 5.74) is 2.73. The fourth-order valence-corrected chi connectivity index (χ4v) is 2.56. The maximum atomic E-state index is 2.30. The van der Waals surface area contributed by atoms with Crippen molar-refractivity contribution in [2.45, 2.75) is 44.8 Å². The molecule has 0 aromatic heterocycles. The number of benzene rings is 1. The van der Waals surface area contributed by atoms with E-state index in [4.69, 9.17) is 0 Å². The molecule has 14 heavy (non-hydrogen) atoms. The van der Waals surface area contributed by atoms with Crippen LogP contribution in [-0.4, -0.2) is 5.25 Å². The number of hydrogen-bond donors (Lipinski definition) is 0. The van der Waals surface area contributed by atoms with Gasteiger partial charge in [0.1, 0.15) is 0 Å². The van der Waals surface area contributed by atoms with E-state index < -0.39 is 0 Å². The maximum absolute atomic E-state index is 2.30. The van der Waals surface area contributed by atoms with Gasteiger partial charge in [0.05, 0.1) is 0 Å². The zero-order chi connectivity index (χ0) is 10.7. The van der Waals surface area contributed by atoms with Gasteiger partial charge in [0, 0.05) is 10.1 Å². The van der Waals surface area contributed by atoms with E-state index in [0.29, 0.717) is 5.25 Å². The summed E-state index contributed by atoms with van der Waals surface area (Å²) in [7, 11) is 0. The lowest BCUT2D eigenvalue weighted by Gasteiger charge is -2.15. The fourth-order valence-electron chi connectivity index (χ4n) is 1.35. The van der Waals surface area contributed by atoms with Crippen molar-refractivity contribution in [1.82, 2.24) is 0 Å². The Morgan fingerprint density at radius 3 is 1.86 bits per heavy atom. The van der Waals surface area contributed by atoms with Crippen molar-refractivity contribution in [2.75, 3.05) is 0 Å². The van der Waals surface area contributed by atoms with Crippen molar-refractivity contribution >= 4 is 11.8 Å². The van der Waals surface area contributed by atoms with E-state index >= 15 is 0 Å². The van der Waals surface area contributed by atoms with Crippen molar-refractivity contribution in [3.8, 4) is 0 Å². The molecule has 1 aromatic rings. The Morgan fingerprint density at radius 2 is 1.43 bits per heavy atom. The van der Waals surface area contributed by atoms with E-state index in [0.717, 1.165) is 5.92 Å². The molecule has 1 rings (SSSR count). The first kappa shape index (κ1) is 11.6. The fraction of sp³-hybridized carbons (Fsp3) is 0.538. The summed E-state index contributed by atoms with van der Waals surface area (Å²) in [6, 6.07) is 6.77. The second-order valence-corrected chi connectivity index (χ2v) is 5.84. The molecule has 0 saturated heterocycles. The van der Waals surface area contributed by atoms with Gasteiger partial charge >= 0.3 is 0 Å². The molecule has 0 aliphatic heterocycles. The normalized spacial score (nSPS) is 13.3. The largest absolute Gasteiger partial charge is 0.123 e. The SMILES string of the molecule is Cc1cc(C)cc(SC(C)C(C)C)c1. The third-order valence-electron chi connectivity index (χ3n) is 2.46. The lowest BCUT2D eigenvalue weighted by atomic mass is 10.1. The van der Waals surface area contributed by atoms with Gasteiger partial charge in [-0.3, -0.25) is 0 Å². The van der Waals surface area contributed by atoms with Crippen molar-refractivity contribution in [1.29, 1.82) is 0 Å². The molecule has 1 aromatic carbocycles. The molecule has 0 spiro atoms. The third kappa shape index (κ3) is 3.38. The summed E-state index contributed by atoms with van der Waals surface area (Å²) < 4.78 is 0. The Kier molecular flexibility index (Phi) is 4.06. The van der Waals surface area contributed by atoms with Gasteiger partial charge in [-0.05, 0) is 43.0 Å². The van der Waals surface area contributed by atoms with Gasteiger partial charge in [0.2, 0.25) is 0 Å². The lowest BCUT2D eigenvalue weighted by Crippen LogP contribution is -2.05. The Morgan fingerprint density at radius 1 is 0.929 bits per heavy atom. The summed E-state index contributed by atoms with van der Waals surface area (Å²) in [5, 5.41) is 0.691. The Labute approximate surface area is 92.1 Å². The van der Waals surface area contributed by atoms with Gasteiger partial charge in [-0.15, -0.1) is 11.8 Å². The summed E-state index contributed by atoms with van der Waals surface area (Å²) in [6.45, 7) is 11.2. The second-order valence-electron chi connectivity index (χ2n) is 4.39. The molecule has 0 amide bonds. The van der Waals surface area contributed by atoms with Crippen LogP contribution in [0.5, 0.6) is 0 Å². The van der Waals surface area contributed by atoms with Gasteiger partial charge in [-0.1, -0.05) is 26.8 Å². The smallest absolute Gasteiger partial charge is 0.00890 e. The van der Waals surface area contributed by atoms with Crippen LogP contribution in [0.15, 0.2) is 23.1 Å². The molecule has 0 aliphatic rings. The Hall–Kier alpha value is -0.430. The van der Waals surface area contributed by atoms with Crippen molar-refractivity contribution < 1.29 is 0 Å². The molecule has 0 radical (unpaired) electrons. The molecule has 1 heteroatoms. The lowest BCUT2D eigenvalue weighted by molar-refractivity contribution is 0.642. The van der Waals surface area contributed by atoms with Crippen LogP contribution in [0.4, 0.5) is 0 Å². The highest BCUT2D eigenvalue weighted by Gasteiger charge is 2.08. The minimum Gasteiger partial charge on any atom is -0.123 e. The van der Waals surface area contributed by atoms with Crippen LogP contribution in [0.25, 0.3) is 0 Å². The van der Waals surface area contributed by atoms with Crippen molar-refractivity contribution in [2.24, 2.45) is 5.92 Å². The topological polar surface area (TPSA) is 0 Å². The first-order valence-corrected chi connectivity index (χ1v) is 6.12. The van der Waals surface area contributed by atoms with Crippen LogP contribution >= 0.6 is 11.8 Å². The molecular weight excluding hydrogens is 188 g/mol. The summed E-state index contributed by atoms with van der Waals surface area (Å²) in [4.78, 5) is 1.41. The minimum atomic E-state index is 0.691. The zero-order valence-corrected chi connectivity index (χ0v) is 10.6. The van der Waals surface area contributed by atoms with Gasteiger partial charge in [0.25, 0.3) is 0 Å². The highest BCUT2D eigenvalue weighted by molar-refractivity contribution is 8.00. The third-order valence-corrected chi connectivity index (χ3v) is 3.88. The van der Waals surface area contributed by atoms with Crippen LogP contribution in [0.1, 0.15) is 31.9 Å². The molecule has 0 heterocycles. The van der Waals surface area contributed by atoms with E-state index in [1.54, 1.807) is 0 Å². The number of rotatable bonds is 3. The average Bonchev–Trinajstić information content (AvgIpc) is 2.01. The van der Waals surface area contributed by atoms with E-state index in [1.165, 1.54) is 16.0 Å². The second kappa shape index (κ2) is 4.88. The summed E-state index contributed by atoms with van der Waals surface area (Å²) >= 11 is 1.98. The van der Waals surface area contributed by atoms with Crippen LogP contribution in [0.3, 0.4) is 0 Å². The molecule has 0 nitrogen and oxygen atoms in total. The monoisotopic (exact) mass is 208 g/mol. The first-order valence-electron chi connectivity index (χ1n) is 5.24. The molecule has 0 saturated carbocycles. The Bertz CT molecular complexity index is 282. The maximum Gasteiger partial charge on any atom is 0.00890 e. The number of thioether (sulfide) groups is 1. The minimum absolute atomic E-state index is 0.691. The van der Waals surface area contributed by atoms with Crippen LogP contribution in [-0.2, 0) is 0 Å². The highest BCUT2D eigenvalue weighted by atomic mass is 32.2. The predicted octanol–water partition coefficient (Wildman–Crippen LogP) is 4.44. The van der Waals surface area contributed by atoms with Crippen LogP contribution in [0, 0.1) is 19.8 Å². The van der Waals surface area contributed by atoms with E-state index in [1.807, 2.05) is 11.8 Å². The molecule has 1 atom stereocenters. The van der Waals surface area contributed by atoms with Crippen LogP contribution in [0.2, 0.25) is 0 Å². The summed E-state index contributed by atoms with van der Waals surface area (Å²) in [6.07, 6.45) is 0. The molecule has 78 valence electrons. The van der Waals surface area contributed by atoms with Crippen LogP contribution < -0.4 is 0 Å². The summed E-state index contributed by atoms with van der Waals surface area (Å²) in [5.74, 6) is 0.737. The quantitative estimate of drug-likeness (QED) is 0.662. The number of hydrogen-bond acceptors (Lipinski definition) is 1. The zero-order valence-electron chi connectivity index (χ0n) is 9.79. The molecule has 0 aliphatic carbocycles. The van der Waals surface area contributed by atoms with E-state index in [-0.39, 0.29) is 0 Å². The first-order chi connectivity index (χ1) is 6.49. The average molecular weight is 208 g/mol. The predicted molar refractivity (Wildman–Crippen MR) is 66.1 cm³/mol. The van der Waals surface area contributed by atoms with Crippen molar-refractivity contribution in [3.63, 3.8) is 0 Å². The number of aryl methyl sites for hydroxylation is 2. The van der Waals surface area contributed by atoms with E-state index in [9.17, 15) is 0 Å². The molecule has 0 bridgehead atoms. The van der Waals surface area contributed by atoms with Gasteiger partial charge < -0.3 is 0 Å². The highest BCUT2D eigenvalue weighted by Crippen LogP contribution is 2.28.